The van der Waals surface area contributed by atoms with Gasteiger partial charge in [0.1, 0.15) is 11.4 Å². The summed E-state index contributed by atoms with van der Waals surface area (Å²) in [6.45, 7) is -9.29. The summed E-state index contributed by atoms with van der Waals surface area (Å²) in [6.07, 6.45) is 18.0. The van der Waals surface area contributed by atoms with Gasteiger partial charge >= 0.3 is 20.9 Å². The highest BCUT2D eigenvalue weighted by Gasteiger charge is 2.60. The molecule has 0 aliphatic carbocycles. The third-order valence-electron chi connectivity index (χ3n) is 18.5. The lowest BCUT2D eigenvalue weighted by Crippen LogP contribution is -2.87. The summed E-state index contributed by atoms with van der Waals surface area (Å²) in [5, 5.41) is 0. The number of hydrogen-bond donors (Lipinski definition) is 0. The molecule has 0 saturated carbocycles. The highest BCUT2D eigenvalue weighted by molar-refractivity contribution is 7.14. The van der Waals surface area contributed by atoms with E-state index in [1.165, 1.54) is 0 Å². The molecule has 9 aromatic carbocycles. The summed E-state index contributed by atoms with van der Waals surface area (Å²) in [6, 6.07) is 77.2. The maximum Gasteiger partial charge on any atom is 0.435 e. The molecule has 0 radical (unpaired) electrons. The van der Waals surface area contributed by atoms with Gasteiger partial charge in [0.2, 0.25) is 29.6 Å². The number of aryl methyl sites for hydroxylation is 1. The van der Waals surface area contributed by atoms with Gasteiger partial charge in [-0.1, -0.05) is 182 Å². The predicted octanol–water partition coefficient (Wildman–Crippen LogP) is 13.5. The van der Waals surface area contributed by atoms with E-state index < -0.39 is 34.7 Å². The lowest BCUT2D eigenvalue weighted by Gasteiger charge is -2.52. The Bertz CT molecular complexity index is 5960. The first-order valence-corrected chi connectivity index (χ1v) is 33.1. The van der Waals surface area contributed by atoms with E-state index in [0.717, 1.165) is 61.0 Å². The molecular weight excluding hydrogens is 1260 g/mol. The minimum absolute atomic E-state index is 0.0911. The molecule has 1 aliphatic rings. The molecule has 0 atom stereocenters. The molecule has 18 rings (SSSR count). The van der Waals surface area contributed by atoms with Crippen molar-refractivity contribution in [3.8, 4) is 84.0 Å². The van der Waals surface area contributed by atoms with Gasteiger partial charge in [-0.2, -0.15) is 0 Å². The molecule has 480 valence electrons. The molecule has 1 aliphatic heterocycles. The second-order valence-corrected chi connectivity index (χ2v) is 24.3. The molecule has 18 nitrogen and oxygen atoms in total. The van der Waals surface area contributed by atoms with E-state index >= 15 is 0 Å². The Morgan fingerprint density at radius 2 is 0.735 bits per heavy atom. The summed E-state index contributed by atoms with van der Waals surface area (Å²) in [4.78, 5) is 65.3. The van der Waals surface area contributed by atoms with Gasteiger partial charge in [0.25, 0.3) is 0 Å². The lowest BCUT2D eigenvalue weighted by molar-refractivity contribution is 0.969. The molecule has 0 spiro atoms. The van der Waals surface area contributed by atoms with E-state index in [1.54, 1.807) is 123 Å². The Morgan fingerprint density at radius 3 is 1.24 bits per heavy atom. The van der Waals surface area contributed by atoms with Crippen molar-refractivity contribution in [3.63, 3.8) is 0 Å². The molecule has 0 unspecified atom stereocenters. The topological polar surface area (TPSA) is 187 Å². The van der Waals surface area contributed by atoms with Crippen LogP contribution in [0, 0.1) is 13.7 Å². The fourth-order valence-corrected chi connectivity index (χ4v) is 14.4. The van der Waals surface area contributed by atoms with Gasteiger partial charge in [0.15, 0.2) is 0 Å². The average Bonchev–Trinajstić information content (AvgIpc) is 0.947. The Hall–Kier alpha value is -13.7. The fraction of sp³-hybridized carbons (Fsp3) is 0.0247. The minimum atomic E-state index is -3.00. The number of hydrogen-bond acceptors (Lipinski definition) is 16. The Morgan fingerprint density at radius 1 is 0.304 bits per heavy atom. The van der Waals surface area contributed by atoms with Crippen molar-refractivity contribution in [2.24, 2.45) is 0 Å². The Kier molecular flexibility index (Phi) is 13.8. The van der Waals surface area contributed by atoms with Crippen molar-refractivity contribution in [2.75, 3.05) is 14.2 Å². The van der Waals surface area contributed by atoms with Crippen LogP contribution in [0.5, 0.6) is 0 Å². The number of para-hydroxylation sites is 4. The van der Waals surface area contributed by atoms with Crippen LogP contribution in [0.4, 0.5) is 17.8 Å². The summed E-state index contributed by atoms with van der Waals surface area (Å²) >= 11 is 0. The van der Waals surface area contributed by atoms with E-state index in [2.05, 4.69) is 40.8 Å². The molecule has 0 N–H and O–H groups in total. The zero-order valence-corrected chi connectivity index (χ0v) is 54.2. The number of imidazole rings is 2. The third-order valence-corrected chi connectivity index (χ3v) is 18.5. The van der Waals surface area contributed by atoms with E-state index in [1.807, 2.05) is 170 Å². The smallest absolute Gasteiger partial charge is 0.382 e. The largest absolute Gasteiger partial charge is 0.435 e. The molecule has 21 heteroatoms. The van der Waals surface area contributed by atoms with Crippen LogP contribution in [0.3, 0.4) is 0 Å². The van der Waals surface area contributed by atoms with E-state index in [4.69, 9.17) is 64.8 Å². The van der Waals surface area contributed by atoms with Gasteiger partial charge in [0, 0.05) is 93.1 Å². The predicted molar refractivity (Wildman–Crippen MR) is 406 cm³/mol. The summed E-state index contributed by atoms with van der Waals surface area (Å²) in [5.41, 5.74) is 12.4. The van der Waals surface area contributed by atoms with Gasteiger partial charge in [-0.25, -0.2) is 69.4 Å². The first-order valence-electron chi connectivity index (χ1n) is 36.1. The summed E-state index contributed by atoms with van der Waals surface area (Å²) in [5.74, 6) is 1.52. The first-order chi connectivity index (χ1) is 53.0. The number of fused-ring (bicyclic) bond motifs is 5. The van der Waals surface area contributed by atoms with Crippen LogP contribution in [-0.4, -0.2) is 94.7 Å². The van der Waals surface area contributed by atoms with Crippen molar-refractivity contribution in [3.05, 3.63) is 322 Å². The SMILES string of the molecule is [2H]C([2H])([2H])c1ccc(B2N(c3ncccn3)B(c3ncccn3)N(c3ncccn3)B(c3ncccn3)N2c2ncccn2)cc1-c1cccc(-c2c(-c3ccccc3)c(-c3ccccc3)c(-c3ccnc(-n4c5ccccc5n5c6ccccc6nc45)n3)c(-c3ccccc3)c2-c2ccccc2)c1C([2H])([2H])[2H]. The monoisotopic (exact) mass is 1320 g/mol. The number of anilines is 3. The number of nitrogens with zero attached hydrogens (tertiary/aromatic N) is 18. The maximum atomic E-state index is 10.2. The van der Waals surface area contributed by atoms with Crippen molar-refractivity contribution in [2.45, 2.75) is 13.7 Å². The quantitative estimate of drug-likeness (QED) is 0.0935. The molecule has 1 saturated heterocycles. The van der Waals surface area contributed by atoms with Crippen LogP contribution in [0.15, 0.2) is 311 Å². The molecule has 0 bridgehead atoms. The lowest BCUT2D eigenvalue weighted by atomic mass is 9.40. The molecule has 9 heterocycles. The van der Waals surface area contributed by atoms with Gasteiger partial charge in [-0.3, -0.25) is 4.40 Å². The van der Waals surface area contributed by atoms with E-state index in [9.17, 15) is 8.22 Å². The highest BCUT2D eigenvalue weighted by atomic mass is 15.4. The van der Waals surface area contributed by atoms with Crippen LogP contribution in [0.1, 0.15) is 19.4 Å². The van der Waals surface area contributed by atoms with Crippen LogP contribution < -0.4 is 31.1 Å². The average molecular weight is 1320 g/mol. The molecule has 102 heavy (non-hydrogen) atoms. The molecular formula is C81H57B3N18. The molecule has 1 fully saturated rings. The van der Waals surface area contributed by atoms with Gasteiger partial charge < -0.3 is 14.2 Å². The van der Waals surface area contributed by atoms with E-state index in [-0.39, 0.29) is 51.5 Å². The first kappa shape index (κ1) is 54.3. The standard InChI is InChI=1S/C81H57B3N18/c1-54-39-40-60(82-100(77-89-46-22-47-90-77)83(75-85-42-20-43-86-75)102(79-93-50-24-51-94-79)84(76-87-44-21-45-88-76)101(82)78-91-48-23-49-92-78)53-63(54)61-33-19-34-62(55(61)2)73-69(56-25-7-3-8-26-56)71(58-29-11-5-12-30-58)74(72(59-31-13-6-14-32-59)70(73)57-27-9-4-10-28-57)65-41-52-95-80(96-65)99-68-38-18-17-37-67(68)98-66-36-16-15-35-64(66)97-81(98)99/h3-53H,1-2H3/i1D3,2D3. The second-order valence-electron chi connectivity index (χ2n) is 24.3. The van der Waals surface area contributed by atoms with Crippen molar-refractivity contribution in [1.82, 2.24) is 73.8 Å². The van der Waals surface area contributed by atoms with Crippen LogP contribution in [0.2, 0.25) is 0 Å². The minimum Gasteiger partial charge on any atom is -0.382 e. The molecule has 8 aromatic heterocycles. The molecule has 0 amide bonds. The van der Waals surface area contributed by atoms with E-state index in [0.29, 0.717) is 45.1 Å². The zero-order chi connectivity index (χ0) is 73.0. The normalized spacial score (nSPS) is 13.6. The fourth-order valence-electron chi connectivity index (χ4n) is 14.4. The Balaban J connectivity index is 0.960. The van der Waals surface area contributed by atoms with Crippen molar-refractivity contribution in [1.29, 1.82) is 0 Å². The van der Waals surface area contributed by atoms with Gasteiger partial charge in [-0.15, -0.1) is 0 Å². The van der Waals surface area contributed by atoms with Crippen LogP contribution in [-0.2, 0) is 0 Å². The number of rotatable bonds is 14. The highest BCUT2D eigenvalue weighted by Crippen LogP contribution is 2.56. The number of aromatic nitrogens is 15. The third kappa shape index (κ3) is 10.4. The van der Waals surface area contributed by atoms with Crippen molar-refractivity contribution < 1.29 is 8.22 Å². The van der Waals surface area contributed by atoms with Crippen LogP contribution in [0.25, 0.3) is 112 Å². The number of benzene rings is 9. The van der Waals surface area contributed by atoms with Crippen LogP contribution >= 0.6 is 0 Å². The summed E-state index contributed by atoms with van der Waals surface area (Å²) in [7, 11) is 0. The van der Waals surface area contributed by atoms with Crippen molar-refractivity contribution >= 4 is 83.5 Å². The van der Waals surface area contributed by atoms with Gasteiger partial charge in [-0.05, 0) is 147 Å². The second kappa shape index (κ2) is 26.0. The summed E-state index contributed by atoms with van der Waals surface area (Å²) < 4.78 is 69.1. The molecule has 17 aromatic rings. The Labute approximate surface area is 596 Å². The van der Waals surface area contributed by atoms with Gasteiger partial charge in [0.05, 0.1) is 27.8 Å². The maximum absolute atomic E-state index is 10.2. The zero-order valence-electron chi connectivity index (χ0n) is 60.2.